The van der Waals surface area contributed by atoms with Gasteiger partial charge in [0.15, 0.2) is 5.78 Å². The van der Waals surface area contributed by atoms with Gasteiger partial charge in [-0.25, -0.2) is 8.42 Å². The normalized spacial score (nSPS) is 12.2. The molecule has 0 aromatic heterocycles. The minimum absolute atomic E-state index is 0.00322. The Balaban J connectivity index is 2.41. The van der Waals surface area contributed by atoms with Crippen LogP contribution in [0, 0.1) is 0 Å². The van der Waals surface area contributed by atoms with E-state index in [0.29, 0.717) is 0 Å². The van der Waals surface area contributed by atoms with E-state index in [0.717, 1.165) is 18.2 Å². The lowest BCUT2D eigenvalue weighted by molar-refractivity contribution is -0.137. The Morgan fingerprint density at radius 1 is 1.08 bits per heavy atom. The monoisotopic (exact) mass is 386 g/mol. The zero-order valence-corrected chi connectivity index (χ0v) is 14.8. The van der Waals surface area contributed by atoms with E-state index in [-0.39, 0.29) is 22.5 Å². The molecule has 0 radical (unpaired) electrons. The van der Waals surface area contributed by atoms with E-state index >= 15 is 0 Å². The van der Waals surface area contributed by atoms with Gasteiger partial charge in [0.25, 0.3) is 0 Å². The molecule has 0 spiro atoms. The molecule has 0 atom stereocenters. The van der Waals surface area contributed by atoms with Crippen molar-refractivity contribution in [1.82, 2.24) is 0 Å². The minimum Gasteiger partial charge on any atom is -0.397 e. The van der Waals surface area contributed by atoms with Gasteiger partial charge in [-0.15, -0.1) is 0 Å². The van der Waals surface area contributed by atoms with E-state index in [1.165, 1.54) is 38.1 Å². The minimum atomic E-state index is -4.57. The molecule has 0 amide bonds. The van der Waals surface area contributed by atoms with E-state index < -0.39 is 32.8 Å². The summed E-state index contributed by atoms with van der Waals surface area (Å²) in [5.74, 6) is -0.680. The maximum absolute atomic E-state index is 12.8. The smallest absolute Gasteiger partial charge is 0.397 e. The average molecular weight is 386 g/mol. The summed E-state index contributed by atoms with van der Waals surface area (Å²) >= 11 is 0. The number of halogens is 3. The van der Waals surface area contributed by atoms with Crippen molar-refractivity contribution in [2.75, 3.05) is 10.5 Å². The number of nitrogens with one attached hydrogen (secondary N) is 1. The van der Waals surface area contributed by atoms with E-state index in [4.69, 9.17) is 5.73 Å². The second-order valence-electron chi connectivity index (χ2n) is 5.91. The molecule has 0 unspecified atom stereocenters. The molecule has 2 aromatic rings. The predicted octanol–water partition coefficient (Wildman–Crippen LogP) is 3.67. The highest BCUT2D eigenvalue weighted by atomic mass is 32.2. The van der Waals surface area contributed by atoms with E-state index in [9.17, 15) is 26.4 Å². The second-order valence-corrected chi connectivity index (χ2v) is 8.14. The van der Waals surface area contributed by atoms with Crippen LogP contribution < -0.4 is 10.5 Å². The zero-order chi connectivity index (χ0) is 19.7. The quantitative estimate of drug-likeness (QED) is 0.606. The zero-order valence-electron chi connectivity index (χ0n) is 14.0. The summed E-state index contributed by atoms with van der Waals surface area (Å²) in [6, 6.07) is 7.85. The van der Waals surface area contributed by atoms with Gasteiger partial charge in [-0.3, -0.25) is 9.52 Å². The van der Waals surface area contributed by atoms with Crippen LogP contribution in [0.5, 0.6) is 0 Å². The molecule has 0 heterocycles. The van der Waals surface area contributed by atoms with Crippen LogP contribution in [0.2, 0.25) is 0 Å². The Labute approximate surface area is 149 Å². The van der Waals surface area contributed by atoms with Gasteiger partial charge < -0.3 is 5.73 Å². The lowest BCUT2D eigenvalue weighted by atomic mass is 10.0. The number of rotatable bonds is 5. The SMILES string of the molecule is CC(C)S(=O)(=O)Nc1cc(C(=O)c2cccc(C(F)(F)F)c2)ccc1N. The van der Waals surface area contributed by atoms with Crippen LogP contribution in [0.1, 0.15) is 35.3 Å². The number of carbonyl (C=O) groups excluding carboxylic acids is 1. The topological polar surface area (TPSA) is 89.3 Å². The fourth-order valence-corrected chi connectivity index (χ4v) is 2.78. The molecular weight excluding hydrogens is 369 g/mol. The Morgan fingerprint density at radius 2 is 1.69 bits per heavy atom. The third-order valence-electron chi connectivity index (χ3n) is 3.64. The van der Waals surface area contributed by atoms with Crippen LogP contribution in [0.15, 0.2) is 42.5 Å². The van der Waals surface area contributed by atoms with Gasteiger partial charge in [-0.2, -0.15) is 13.2 Å². The van der Waals surface area contributed by atoms with Crippen molar-refractivity contribution in [3.8, 4) is 0 Å². The summed E-state index contributed by atoms with van der Waals surface area (Å²) in [7, 11) is -3.70. The summed E-state index contributed by atoms with van der Waals surface area (Å²) in [4.78, 5) is 12.5. The number of ketones is 1. The molecule has 0 aliphatic rings. The number of benzene rings is 2. The molecular formula is C17H17F3N2O3S. The van der Waals surface area contributed by atoms with Gasteiger partial charge in [-0.05, 0) is 44.2 Å². The Hall–Kier alpha value is -2.55. The van der Waals surface area contributed by atoms with Crippen LogP contribution in [0.4, 0.5) is 24.5 Å². The summed E-state index contributed by atoms with van der Waals surface area (Å²) in [6.07, 6.45) is -4.57. The highest BCUT2D eigenvalue weighted by Crippen LogP contribution is 2.30. The number of hydrogen-bond acceptors (Lipinski definition) is 4. The first-order valence-electron chi connectivity index (χ1n) is 7.55. The van der Waals surface area contributed by atoms with Crippen LogP contribution in [-0.2, 0) is 16.2 Å². The van der Waals surface area contributed by atoms with Gasteiger partial charge in [0.1, 0.15) is 0 Å². The van der Waals surface area contributed by atoms with Crippen LogP contribution in [-0.4, -0.2) is 19.5 Å². The highest BCUT2D eigenvalue weighted by Gasteiger charge is 2.31. The number of nitrogens with two attached hydrogens (primary N) is 1. The third-order valence-corrected chi connectivity index (χ3v) is 5.39. The van der Waals surface area contributed by atoms with Gasteiger partial charge >= 0.3 is 6.18 Å². The van der Waals surface area contributed by atoms with Crippen molar-refractivity contribution < 1.29 is 26.4 Å². The second kappa shape index (κ2) is 6.99. The van der Waals surface area contributed by atoms with Crippen molar-refractivity contribution in [3.05, 3.63) is 59.2 Å². The standard InChI is InChI=1S/C17H17F3N2O3S/c1-10(2)26(24,25)22-15-9-12(6-7-14(15)21)16(23)11-4-3-5-13(8-11)17(18,19)20/h3-10,22H,21H2,1-2H3. The molecule has 2 aromatic carbocycles. The molecule has 9 heteroatoms. The fraction of sp³-hybridized carbons (Fsp3) is 0.235. The predicted molar refractivity (Wildman–Crippen MR) is 93.4 cm³/mol. The van der Waals surface area contributed by atoms with E-state index in [1.54, 1.807) is 0 Å². The fourth-order valence-electron chi connectivity index (χ4n) is 2.06. The van der Waals surface area contributed by atoms with Crippen molar-refractivity contribution >= 4 is 27.2 Å². The van der Waals surface area contributed by atoms with Gasteiger partial charge in [-0.1, -0.05) is 12.1 Å². The van der Waals surface area contributed by atoms with Gasteiger partial charge in [0, 0.05) is 11.1 Å². The molecule has 140 valence electrons. The van der Waals surface area contributed by atoms with Crippen molar-refractivity contribution in [2.24, 2.45) is 0 Å². The van der Waals surface area contributed by atoms with Crippen molar-refractivity contribution in [3.63, 3.8) is 0 Å². The molecule has 0 aliphatic heterocycles. The molecule has 0 saturated heterocycles. The van der Waals surface area contributed by atoms with E-state index in [2.05, 4.69) is 4.72 Å². The number of carbonyl (C=O) groups is 1. The third kappa shape index (κ3) is 4.34. The first kappa shape index (κ1) is 19.8. The molecule has 0 fully saturated rings. The first-order chi connectivity index (χ1) is 11.9. The Morgan fingerprint density at radius 3 is 2.27 bits per heavy atom. The van der Waals surface area contributed by atoms with Crippen LogP contribution in [0.25, 0.3) is 0 Å². The lowest BCUT2D eigenvalue weighted by Crippen LogP contribution is -2.23. The number of hydrogen-bond donors (Lipinski definition) is 2. The lowest BCUT2D eigenvalue weighted by Gasteiger charge is -2.14. The number of sulfonamides is 1. The Kier molecular flexibility index (Phi) is 5.31. The largest absolute Gasteiger partial charge is 0.416 e. The number of nitrogen functional groups attached to an aromatic ring is 1. The molecule has 26 heavy (non-hydrogen) atoms. The molecule has 0 bridgehead atoms. The number of alkyl halides is 3. The summed E-state index contributed by atoms with van der Waals surface area (Å²) in [6.45, 7) is 2.94. The molecule has 0 saturated carbocycles. The maximum Gasteiger partial charge on any atom is 0.416 e. The number of anilines is 2. The average Bonchev–Trinajstić information content (AvgIpc) is 2.55. The molecule has 2 rings (SSSR count). The van der Waals surface area contributed by atoms with Crippen LogP contribution >= 0.6 is 0 Å². The van der Waals surface area contributed by atoms with Crippen LogP contribution in [0.3, 0.4) is 0 Å². The summed E-state index contributed by atoms with van der Waals surface area (Å²) in [5.41, 5.74) is 4.72. The van der Waals surface area contributed by atoms with Crippen molar-refractivity contribution in [1.29, 1.82) is 0 Å². The highest BCUT2D eigenvalue weighted by molar-refractivity contribution is 7.93. The maximum atomic E-state index is 12.8. The molecule has 0 aliphatic carbocycles. The molecule has 3 N–H and O–H groups in total. The first-order valence-corrected chi connectivity index (χ1v) is 9.09. The van der Waals surface area contributed by atoms with Crippen molar-refractivity contribution in [2.45, 2.75) is 25.3 Å². The molecule has 5 nitrogen and oxygen atoms in total. The van der Waals surface area contributed by atoms with E-state index in [1.807, 2.05) is 0 Å². The Bertz CT molecular complexity index is 939. The van der Waals surface area contributed by atoms with Gasteiger partial charge in [0.05, 0.1) is 22.2 Å². The summed E-state index contributed by atoms with van der Waals surface area (Å²) in [5, 5.41) is -0.732. The van der Waals surface area contributed by atoms with Gasteiger partial charge in [0.2, 0.25) is 10.0 Å². The summed E-state index contributed by atoms with van der Waals surface area (Å²) < 4.78 is 64.7.